The highest BCUT2D eigenvalue weighted by molar-refractivity contribution is 5.84. The molecule has 1 saturated carbocycles. The van der Waals surface area contributed by atoms with Crippen molar-refractivity contribution in [2.45, 2.75) is 63.8 Å². The summed E-state index contributed by atoms with van der Waals surface area (Å²) in [5, 5.41) is 3.23. The topological polar surface area (TPSA) is 32.3 Å². The molecule has 2 fully saturated rings. The summed E-state index contributed by atoms with van der Waals surface area (Å²) in [6, 6.07) is -0.307. The molecular weight excluding hydrogens is 257 g/mol. The molecule has 1 saturated heterocycles. The summed E-state index contributed by atoms with van der Waals surface area (Å²) in [5.74, 6) is 0.150. The highest BCUT2D eigenvalue weighted by atomic mass is 19.4. The van der Waals surface area contributed by atoms with Crippen molar-refractivity contribution in [2.75, 3.05) is 6.54 Å². The minimum atomic E-state index is -4.20. The smallest absolute Gasteiger partial charge is 0.325 e. The lowest BCUT2D eigenvalue weighted by atomic mass is 10.0. The van der Waals surface area contributed by atoms with Crippen molar-refractivity contribution < 1.29 is 18.0 Å². The van der Waals surface area contributed by atoms with Gasteiger partial charge in [0.25, 0.3) is 0 Å². The fourth-order valence-corrected chi connectivity index (χ4v) is 3.16. The molecule has 2 unspecified atom stereocenters. The number of rotatable bonds is 4. The Morgan fingerprint density at radius 3 is 2.47 bits per heavy atom. The summed E-state index contributed by atoms with van der Waals surface area (Å²) in [7, 11) is 0. The second kappa shape index (κ2) is 5.69. The van der Waals surface area contributed by atoms with E-state index < -0.39 is 12.6 Å². The predicted octanol–water partition coefficient (Wildman–Crippen LogP) is 2.67. The number of nitrogens with one attached hydrogen (secondary N) is 1. The second-order valence-electron chi connectivity index (χ2n) is 5.51. The van der Waals surface area contributed by atoms with Gasteiger partial charge in [-0.3, -0.25) is 10.1 Å². The molecule has 0 radical (unpaired) electrons. The van der Waals surface area contributed by atoms with E-state index in [1.807, 2.05) is 6.92 Å². The molecule has 2 atom stereocenters. The van der Waals surface area contributed by atoms with Crippen LogP contribution in [0.4, 0.5) is 13.2 Å². The van der Waals surface area contributed by atoms with E-state index in [-0.39, 0.29) is 24.7 Å². The van der Waals surface area contributed by atoms with Crippen molar-refractivity contribution in [1.29, 1.82) is 0 Å². The molecule has 0 spiro atoms. The van der Waals surface area contributed by atoms with E-state index in [0.29, 0.717) is 12.3 Å². The molecule has 110 valence electrons. The molecule has 1 N–H and O–H groups in total. The Bertz CT molecular complexity index is 326. The zero-order valence-electron chi connectivity index (χ0n) is 11.2. The number of hydrogen-bond acceptors (Lipinski definition) is 2. The molecule has 1 aliphatic heterocycles. The van der Waals surface area contributed by atoms with Gasteiger partial charge in [-0.1, -0.05) is 19.8 Å². The summed E-state index contributed by atoms with van der Waals surface area (Å²) < 4.78 is 37.1. The first-order valence-corrected chi connectivity index (χ1v) is 7.05. The van der Waals surface area contributed by atoms with Gasteiger partial charge in [0.1, 0.15) is 0 Å². The van der Waals surface area contributed by atoms with Gasteiger partial charge in [-0.15, -0.1) is 0 Å². The Kier molecular flexibility index (Phi) is 4.38. The van der Waals surface area contributed by atoms with Crippen LogP contribution in [-0.4, -0.2) is 35.7 Å². The number of hydrogen-bond donors (Lipinski definition) is 1. The normalized spacial score (nSPS) is 29.5. The number of amides is 1. The maximum Gasteiger partial charge on any atom is 0.390 e. The van der Waals surface area contributed by atoms with Crippen LogP contribution in [0.2, 0.25) is 0 Å². The van der Waals surface area contributed by atoms with Crippen LogP contribution in [0.15, 0.2) is 0 Å². The van der Waals surface area contributed by atoms with Crippen LogP contribution in [0.3, 0.4) is 0 Å². The third-order valence-corrected chi connectivity index (χ3v) is 4.18. The van der Waals surface area contributed by atoms with Crippen LogP contribution < -0.4 is 5.32 Å². The molecule has 0 aromatic heterocycles. The second-order valence-corrected chi connectivity index (χ2v) is 5.51. The largest absolute Gasteiger partial charge is 0.390 e. The van der Waals surface area contributed by atoms with Gasteiger partial charge in [-0.2, -0.15) is 13.2 Å². The highest BCUT2D eigenvalue weighted by Gasteiger charge is 2.43. The molecular formula is C13H21F3N2O. The number of carbonyl (C=O) groups excluding carboxylic acids is 1. The number of alkyl halides is 3. The minimum absolute atomic E-state index is 0.163. The Balaban J connectivity index is 2.03. The summed E-state index contributed by atoms with van der Waals surface area (Å²) in [5.41, 5.74) is 0. The first kappa shape index (κ1) is 14.6. The monoisotopic (exact) mass is 278 g/mol. The Labute approximate surface area is 111 Å². The van der Waals surface area contributed by atoms with Crippen LogP contribution in [-0.2, 0) is 4.79 Å². The van der Waals surface area contributed by atoms with Crippen LogP contribution in [0.1, 0.15) is 45.4 Å². The molecule has 1 heterocycles. The zero-order valence-corrected chi connectivity index (χ0v) is 11.2. The molecule has 0 aromatic rings. The fourth-order valence-electron chi connectivity index (χ4n) is 3.16. The first-order chi connectivity index (χ1) is 8.92. The first-order valence-electron chi connectivity index (χ1n) is 7.05. The van der Waals surface area contributed by atoms with Crippen LogP contribution in [0.25, 0.3) is 0 Å². The van der Waals surface area contributed by atoms with Gasteiger partial charge in [0.05, 0.1) is 18.6 Å². The molecule has 6 heteroatoms. The van der Waals surface area contributed by atoms with E-state index in [4.69, 9.17) is 0 Å². The minimum Gasteiger partial charge on any atom is -0.325 e. The average Bonchev–Trinajstić information content (AvgIpc) is 2.93. The quantitative estimate of drug-likeness (QED) is 0.857. The summed E-state index contributed by atoms with van der Waals surface area (Å²) in [6.07, 6.45) is -0.451. The van der Waals surface area contributed by atoms with Crippen LogP contribution in [0, 0.1) is 5.92 Å². The molecule has 2 rings (SSSR count). The molecule has 19 heavy (non-hydrogen) atoms. The third-order valence-electron chi connectivity index (χ3n) is 4.18. The van der Waals surface area contributed by atoms with Crippen LogP contribution >= 0.6 is 0 Å². The molecule has 1 amide bonds. The van der Waals surface area contributed by atoms with Gasteiger partial charge in [0, 0.05) is 6.54 Å². The number of carbonyl (C=O) groups is 1. The molecule has 0 bridgehead atoms. The maximum atomic E-state index is 12.4. The number of halogens is 3. The average molecular weight is 278 g/mol. The highest BCUT2D eigenvalue weighted by Crippen LogP contribution is 2.33. The van der Waals surface area contributed by atoms with Gasteiger partial charge in [-0.05, 0) is 25.2 Å². The van der Waals surface area contributed by atoms with E-state index in [2.05, 4.69) is 5.32 Å². The van der Waals surface area contributed by atoms with Crippen molar-refractivity contribution >= 4 is 5.91 Å². The van der Waals surface area contributed by atoms with Crippen molar-refractivity contribution in [1.82, 2.24) is 10.2 Å². The van der Waals surface area contributed by atoms with E-state index in [0.717, 1.165) is 25.7 Å². The molecule has 2 aliphatic rings. The molecule has 3 nitrogen and oxygen atoms in total. The Hall–Kier alpha value is -0.780. The van der Waals surface area contributed by atoms with E-state index in [1.54, 1.807) is 0 Å². The van der Waals surface area contributed by atoms with Gasteiger partial charge >= 0.3 is 6.18 Å². The fraction of sp³-hybridized carbons (Fsp3) is 0.923. The Morgan fingerprint density at radius 1 is 1.32 bits per heavy atom. The van der Waals surface area contributed by atoms with Crippen LogP contribution in [0.5, 0.6) is 0 Å². The zero-order chi connectivity index (χ0) is 14.0. The lowest BCUT2D eigenvalue weighted by Crippen LogP contribution is -2.43. The maximum absolute atomic E-state index is 12.4. The van der Waals surface area contributed by atoms with Gasteiger partial charge in [0.15, 0.2) is 0 Å². The van der Waals surface area contributed by atoms with Gasteiger partial charge in [0.2, 0.25) is 5.91 Å². The summed E-state index contributed by atoms with van der Waals surface area (Å²) >= 11 is 0. The lowest BCUT2D eigenvalue weighted by Gasteiger charge is -2.29. The van der Waals surface area contributed by atoms with E-state index in [9.17, 15) is 18.0 Å². The number of nitrogens with zero attached hydrogens (tertiary/aromatic N) is 1. The predicted molar refractivity (Wildman–Crippen MR) is 65.3 cm³/mol. The standard InChI is InChI=1S/C13H21F3N2O/c1-2-10-12(19)18(8-7-13(14,15)16)11(17-10)9-5-3-4-6-9/h9-11,17H,2-8H2,1H3. The SMILES string of the molecule is CCC1NC(C2CCCC2)N(CCC(F)(F)F)C1=O. The summed E-state index contributed by atoms with van der Waals surface area (Å²) in [4.78, 5) is 13.5. The van der Waals surface area contributed by atoms with Gasteiger partial charge in [-0.25, -0.2) is 0 Å². The molecule has 0 aromatic carbocycles. The lowest BCUT2D eigenvalue weighted by molar-refractivity contribution is -0.145. The van der Waals surface area contributed by atoms with Gasteiger partial charge < -0.3 is 4.90 Å². The third kappa shape index (κ3) is 3.41. The van der Waals surface area contributed by atoms with Crippen molar-refractivity contribution in [3.8, 4) is 0 Å². The van der Waals surface area contributed by atoms with Crippen molar-refractivity contribution in [2.24, 2.45) is 5.92 Å². The van der Waals surface area contributed by atoms with Crippen molar-refractivity contribution in [3.05, 3.63) is 0 Å². The van der Waals surface area contributed by atoms with E-state index >= 15 is 0 Å². The Morgan fingerprint density at radius 2 is 1.95 bits per heavy atom. The van der Waals surface area contributed by atoms with Crippen molar-refractivity contribution in [3.63, 3.8) is 0 Å². The molecule has 1 aliphatic carbocycles. The summed E-state index contributed by atoms with van der Waals surface area (Å²) in [6.45, 7) is 1.67. The van der Waals surface area contributed by atoms with E-state index in [1.165, 1.54) is 4.90 Å².